The molecule has 0 unspecified atom stereocenters. The first-order valence-electron chi connectivity index (χ1n) is 10.7. The molecule has 0 aliphatic heterocycles. The van der Waals surface area contributed by atoms with Gasteiger partial charge in [0.2, 0.25) is 0 Å². The number of hydrazone groups is 1. The van der Waals surface area contributed by atoms with Gasteiger partial charge < -0.3 is 0 Å². The number of sulfonamides is 1. The molecule has 2 heterocycles. The van der Waals surface area contributed by atoms with E-state index in [1.54, 1.807) is 35.6 Å². The number of nitrogens with zero attached hydrogens (tertiary/aromatic N) is 4. The number of rotatable bonds is 7. The zero-order valence-electron chi connectivity index (χ0n) is 18.9. The Morgan fingerprint density at radius 3 is 2.43 bits per heavy atom. The fourth-order valence-electron chi connectivity index (χ4n) is 3.42. The summed E-state index contributed by atoms with van der Waals surface area (Å²) < 4.78 is 29.1. The normalized spacial score (nSPS) is 11.9. The summed E-state index contributed by atoms with van der Waals surface area (Å²) in [6.45, 7) is 3.78. The lowest BCUT2D eigenvalue weighted by Crippen LogP contribution is -2.18. The molecule has 0 bridgehead atoms. The molecule has 3 aromatic carbocycles. The lowest BCUT2D eigenvalue weighted by Gasteiger charge is -2.07. The standard InChI is InChI=1S/C25H21N5O2S3/c1-17-12-14-20(15-13-17)35(31,32)29-26-16-21-18(2)28-30(19-8-4-3-5-9-19)24(21)34-25-27-22-10-6-7-11-23(22)33-25/h3-16,29H,1-2H3. The van der Waals surface area contributed by atoms with Gasteiger partial charge in [-0.25, -0.2) is 14.5 Å². The predicted molar refractivity (Wildman–Crippen MR) is 141 cm³/mol. The van der Waals surface area contributed by atoms with Crippen molar-refractivity contribution in [1.82, 2.24) is 19.6 Å². The number of thiazole rings is 1. The van der Waals surface area contributed by atoms with Crippen LogP contribution >= 0.6 is 23.1 Å². The average Bonchev–Trinajstić information content (AvgIpc) is 3.40. The monoisotopic (exact) mass is 519 g/mol. The quantitative estimate of drug-likeness (QED) is 0.225. The summed E-state index contributed by atoms with van der Waals surface area (Å²) in [6, 6.07) is 24.4. The molecule has 0 fully saturated rings. The van der Waals surface area contributed by atoms with Crippen LogP contribution in [0.2, 0.25) is 0 Å². The smallest absolute Gasteiger partial charge is 0.229 e. The van der Waals surface area contributed by atoms with Crippen LogP contribution in [-0.4, -0.2) is 29.4 Å². The van der Waals surface area contributed by atoms with Crippen molar-refractivity contribution in [2.24, 2.45) is 5.10 Å². The summed E-state index contributed by atoms with van der Waals surface area (Å²) in [7, 11) is -3.79. The van der Waals surface area contributed by atoms with E-state index in [1.807, 2.05) is 73.1 Å². The van der Waals surface area contributed by atoms with Crippen molar-refractivity contribution >= 4 is 49.6 Å². The van der Waals surface area contributed by atoms with Crippen LogP contribution in [0.5, 0.6) is 0 Å². The molecule has 0 aliphatic rings. The lowest BCUT2D eigenvalue weighted by molar-refractivity contribution is 0.584. The maximum Gasteiger partial charge on any atom is 0.276 e. The fraction of sp³-hybridized carbons (Fsp3) is 0.0800. The molecule has 0 aliphatic carbocycles. The minimum absolute atomic E-state index is 0.154. The van der Waals surface area contributed by atoms with Crippen LogP contribution in [-0.2, 0) is 10.0 Å². The van der Waals surface area contributed by atoms with E-state index in [-0.39, 0.29) is 4.90 Å². The molecule has 176 valence electrons. The molecule has 7 nitrogen and oxygen atoms in total. The Hall–Kier alpha value is -3.47. The van der Waals surface area contributed by atoms with Crippen LogP contribution in [0.15, 0.2) is 98.2 Å². The van der Waals surface area contributed by atoms with Crippen LogP contribution in [0.25, 0.3) is 15.9 Å². The van der Waals surface area contributed by atoms with E-state index in [0.29, 0.717) is 5.56 Å². The molecule has 0 atom stereocenters. The first-order chi connectivity index (χ1) is 16.9. The molecule has 0 radical (unpaired) electrons. The Morgan fingerprint density at radius 2 is 1.69 bits per heavy atom. The second-order valence-electron chi connectivity index (χ2n) is 7.77. The van der Waals surface area contributed by atoms with Crippen molar-refractivity contribution < 1.29 is 8.42 Å². The summed E-state index contributed by atoms with van der Waals surface area (Å²) in [5.74, 6) is 0. The van der Waals surface area contributed by atoms with Crippen molar-refractivity contribution in [2.45, 2.75) is 28.1 Å². The summed E-state index contributed by atoms with van der Waals surface area (Å²) in [6.07, 6.45) is 1.50. The number of hydrogen-bond acceptors (Lipinski definition) is 7. The van der Waals surface area contributed by atoms with Crippen LogP contribution < -0.4 is 4.83 Å². The third-order valence-electron chi connectivity index (χ3n) is 5.22. The Balaban J connectivity index is 1.51. The van der Waals surface area contributed by atoms with E-state index in [0.717, 1.165) is 36.5 Å². The molecule has 10 heteroatoms. The molecule has 5 aromatic rings. The number of fused-ring (bicyclic) bond motifs is 1. The van der Waals surface area contributed by atoms with Gasteiger partial charge in [0.1, 0.15) is 5.03 Å². The molecule has 0 saturated heterocycles. The van der Waals surface area contributed by atoms with Gasteiger partial charge in [-0.3, -0.25) is 0 Å². The molecule has 5 rings (SSSR count). The number of nitrogens with one attached hydrogen (secondary N) is 1. The molecule has 1 N–H and O–H groups in total. The van der Waals surface area contributed by atoms with E-state index in [1.165, 1.54) is 18.0 Å². The first kappa shape index (κ1) is 23.3. The van der Waals surface area contributed by atoms with Gasteiger partial charge in [-0.05, 0) is 62.0 Å². The van der Waals surface area contributed by atoms with E-state index >= 15 is 0 Å². The van der Waals surface area contributed by atoms with Gasteiger partial charge in [-0.15, -0.1) is 11.3 Å². The molecule has 0 amide bonds. The third-order valence-corrected chi connectivity index (χ3v) is 8.64. The maximum absolute atomic E-state index is 12.7. The number of aryl methyl sites for hydroxylation is 2. The number of hydrogen-bond donors (Lipinski definition) is 1. The highest BCUT2D eigenvalue weighted by Gasteiger charge is 2.19. The minimum atomic E-state index is -3.79. The fourth-order valence-corrected chi connectivity index (χ4v) is 6.43. The largest absolute Gasteiger partial charge is 0.276 e. The van der Waals surface area contributed by atoms with Crippen molar-refractivity contribution in [3.63, 3.8) is 0 Å². The maximum atomic E-state index is 12.7. The van der Waals surface area contributed by atoms with Crippen molar-refractivity contribution in [2.75, 3.05) is 0 Å². The summed E-state index contributed by atoms with van der Waals surface area (Å²) in [4.78, 5) is 7.21. The lowest BCUT2D eigenvalue weighted by atomic mass is 10.2. The second kappa shape index (κ2) is 9.65. The van der Waals surface area contributed by atoms with Gasteiger partial charge in [0, 0.05) is 0 Å². The third kappa shape index (κ3) is 5.00. The minimum Gasteiger partial charge on any atom is -0.229 e. The van der Waals surface area contributed by atoms with Crippen LogP contribution in [0.1, 0.15) is 16.8 Å². The van der Waals surface area contributed by atoms with E-state index < -0.39 is 10.0 Å². The highest BCUT2D eigenvalue weighted by Crippen LogP contribution is 2.37. The average molecular weight is 520 g/mol. The van der Waals surface area contributed by atoms with Gasteiger partial charge in [0.25, 0.3) is 10.0 Å². The molecular weight excluding hydrogens is 499 g/mol. The van der Waals surface area contributed by atoms with E-state index in [9.17, 15) is 8.42 Å². The van der Waals surface area contributed by atoms with E-state index in [4.69, 9.17) is 10.1 Å². The van der Waals surface area contributed by atoms with Gasteiger partial charge in [-0.1, -0.05) is 48.0 Å². The predicted octanol–water partition coefficient (Wildman–Crippen LogP) is 5.56. The van der Waals surface area contributed by atoms with Gasteiger partial charge >= 0.3 is 0 Å². The van der Waals surface area contributed by atoms with Gasteiger partial charge in [-0.2, -0.15) is 18.6 Å². The Kier molecular flexibility index (Phi) is 6.42. The molecule has 2 aromatic heterocycles. The number of aromatic nitrogens is 3. The van der Waals surface area contributed by atoms with Crippen LogP contribution in [0, 0.1) is 13.8 Å². The second-order valence-corrected chi connectivity index (χ2v) is 11.7. The number of para-hydroxylation sites is 2. The van der Waals surface area contributed by atoms with Crippen molar-refractivity contribution in [3.05, 3.63) is 95.7 Å². The highest BCUT2D eigenvalue weighted by molar-refractivity contribution is 8.01. The van der Waals surface area contributed by atoms with Crippen LogP contribution in [0.4, 0.5) is 0 Å². The van der Waals surface area contributed by atoms with Crippen LogP contribution in [0.3, 0.4) is 0 Å². The Labute approximate surface area is 211 Å². The molecule has 0 saturated carbocycles. The highest BCUT2D eigenvalue weighted by atomic mass is 32.2. The molecular formula is C25H21N5O2S3. The first-order valence-corrected chi connectivity index (χ1v) is 13.8. The van der Waals surface area contributed by atoms with E-state index in [2.05, 4.69) is 9.93 Å². The topological polar surface area (TPSA) is 89.2 Å². The van der Waals surface area contributed by atoms with Gasteiger partial charge in [0.15, 0.2) is 4.34 Å². The number of benzene rings is 3. The molecule has 35 heavy (non-hydrogen) atoms. The zero-order chi connectivity index (χ0) is 24.4. The summed E-state index contributed by atoms with van der Waals surface area (Å²) in [5, 5.41) is 9.59. The van der Waals surface area contributed by atoms with Gasteiger partial charge in [0.05, 0.1) is 38.3 Å². The molecule has 0 spiro atoms. The summed E-state index contributed by atoms with van der Waals surface area (Å²) in [5.41, 5.74) is 4.23. The van der Waals surface area contributed by atoms with Crippen molar-refractivity contribution in [1.29, 1.82) is 0 Å². The Morgan fingerprint density at radius 1 is 0.971 bits per heavy atom. The SMILES string of the molecule is Cc1ccc(S(=O)(=O)NN=Cc2c(C)nn(-c3ccccc3)c2Sc2nc3ccccc3s2)cc1. The zero-order valence-corrected chi connectivity index (χ0v) is 21.4. The summed E-state index contributed by atoms with van der Waals surface area (Å²) >= 11 is 3.07. The van der Waals surface area contributed by atoms with Crippen molar-refractivity contribution in [3.8, 4) is 5.69 Å². The Bertz CT molecular complexity index is 1590.